The Morgan fingerprint density at radius 1 is 0.900 bits per heavy atom. The molecule has 0 rings (SSSR count). The number of hydrogen-bond acceptors (Lipinski definition) is 1. The molecule has 0 radical (unpaired) electrons. The quantitative estimate of drug-likeness (QED) is 0.737. The third-order valence-corrected chi connectivity index (χ3v) is 8.60. The van der Waals surface area contributed by atoms with E-state index in [-0.39, 0.29) is 0 Å². The summed E-state index contributed by atoms with van der Waals surface area (Å²) in [4.78, 5) is 0. The van der Waals surface area contributed by atoms with E-state index in [1.54, 1.807) is 0 Å². The van der Waals surface area contributed by atoms with Gasteiger partial charge in [-0.3, -0.25) is 0 Å². The van der Waals surface area contributed by atoms with Crippen LogP contribution in [0.5, 0.6) is 0 Å². The van der Waals surface area contributed by atoms with Crippen LogP contribution in [-0.2, 0) is 0 Å². The molecular weight excluding hydrogens is 225 g/mol. The summed E-state index contributed by atoms with van der Waals surface area (Å²) in [5.41, 5.74) is 0. The molecule has 0 aromatic carbocycles. The average molecular weight is 245 g/mol. The first-order valence-electron chi connectivity index (χ1n) is 4.24. The van der Waals surface area contributed by atoms with Crippen LogP contribution in [0, 0.1) is 0 Å². The summed E-state index contributed by atoms with van der Waals surface area (Å²) in [7, 11) is 0. The van der Waals surface area contributed by atoms with E-state index in [2.05, 4.69) is 39.9 Å². The standard InChI is InChI=1S/C6H14N.2CH3.In/c1-5(2)7-6(3)4;;;/h5-6H,1-4H3;2*1H3;/q-1;;;+1. The van der Waals surface area contributed by atoms with E-state index in [1.807, 2.05) is 0 Å². The monoisotopic (exact) mass is 245 g/mol. The van der Waals surface area contributed by atoms with E-state index in [4.69, 9.17) is 0 Å². The van der Waals surface area contributed by atoms with Crippen LogP contribution in [0.3, 0.4) is 0 Å². The topological polar surface area (TPSA) is 3.24 Å². The minimum absolute atomic E-state index is 0.760. The van der Waals surface area contributed by atoms with Crippen LogP contribution in [0.4, 0.5) is 0 Å². The zero-order valence-corrected chi connectivity index (χ0v) is 11.5. The van der Waals surface area contributed by atoms with Gasteiger partial charge < -0.3 is 0 Å². The summed E-state index contributed by atoms with van der Waals surface area (Å²) in [6.45, 7) is 9.21. The molecule has 10 heavy (non-hydrogen) atoms. The van der Waals surface area contributed by atoms with E-state index < -0.39 is 21.7 Å². The van der Waals surface area contributed by atoms with Gasteiger partial charge in [0.2, 0.25) is 0 Å². The Balaban J connectivity index is 3.98. The number of rotatable bonds is 3. The van der Waals surface area contributed by atoms with Crippen molar-refractivity contribution in [1.82, 2.24) is 2.89 Å². The van der Waals surface area contributed by atoms with Gasteiger partial charge in [-0.05, 0) is 0 Å². The second-order valence-electron chi connectivity index (χ2n) is 3.73. The number of nitrogens with zero attached hydrogens (tertiary/aromatic N) is 1. The van der Waals surface area contributed by atoms with E-state index in [9.17, 15) is 0 Å². The molecule has 0 unspecified atom stereocenters. The predicted octanol–water partition coefficient (Wildman–Crippen LogP) is 2.36. The molecule has 1 nitrogen and oxygen atoms in total. The van der Waals surface area contributed by atoms with E-state index >= 15 is 0 Å². The van der Waals surface area contributed by atoms with Gasteiger partial charge >= 0.3 is 73.8 Å². The van der Waals surface area contributed by atoms with Gasteiger partial charge in [0.15, 0.2) is 0 Å². The van der Waals surface area contributed by atoms with Gasteiger partial charge in [-0.2, -0.15) is 0 Å². The van der Waals surface area contributed by atoms with Gasteiger partial charge in [0, 0.05) is 0 Å². The summed E-state index contributed by atoms with van der Waals surface area (Å²) in [6, 6.07) is 1.52. The van der Waals surface area contributed by atoms with Crippen molar-refractivity contribution >= 4 is 21.7 Å². The summed E-state index contributed by atoms with van der Waals surface area (Å²) >= 11 is -1.20. The fourth-order valence-electron chi connectivity index (χ4n) is 1.79. The Kier molecular flexibility index (Phi) is 5.04. The Bertz CT molecular complexity index is 70.2. The molecule has 60 valence electrons. The zero-order chi connectivity index (χ0) is 8.31. The molecule has 0 amide bonds. The van der Waals surface area contributed by atoms with Gasteiger partial charge in [-0.25, -0.2) is 0 Å². The molecule has 0 aromatic heterocycles. The maximum atomic E-state index is 2.71. The third kappa shape index (κ3) is 3.29. The summed E-state index contributed by atoms with van der Waals surface area (Å²) in [6.07, 6.45) is 0. The van der Waals surface area contributed by atoms with E-state index in [0.717, 1.165) is 12.1 Å². The van der Waals surface area contributed by atoms with Crippen molar-refractivity contribution in [2.75, 3.05) is 0 Å². The average Bonchev–Trinajstić information content (AvgIpc) is 1.59. The van der Waals surface area contributed by atoms with Gasteiger partial charge in [-0.1, -0.05) is 0 Å². The molecule has 0 aromatic rings. The normalized spacial score (nSPS) is 11.7. The first kappa shape index (κ1) is 10.8. The van der Waals surface area contributed by atoms with Crippen LogP contribution in [-0.4, -0.2) is 36.7 Å². The van der Waals surface area contributed by atoms with Crippen LogP contribution in [0.2, 0.25) is 9.36 Å². The first-order chi connectivity index (χ1) is 4.46. The Labute approximate surface area is 73.7 Å². The second-order valence-corrected chi connectivity index (χ2v) is 11.7. The van der Waals surface area contributed by atoms with Gasteiger partial charge in [0.05, 0.1) is 0 Å². The minimum atomic E-state index is -1.20. The van der Waals surface area contributed by atoms with Gasteiger partial charge in [-0.15, -0.1) is 0 Å². The third-order valence-electron chi connectivity index (χ3n) is 1.79. The van der Waals surface area contributed by atoms with Crippen LogP contribution < -0.4 is 0 Å². The second kappa shape index (κ2) is 4.66. The van der Waals surface area contributed by atoms with Gasteiger partial charge in [0.1, 0.15) is 0 Å². The molecule has 0 aliphatic heterocycles. The molecule has 0 heterocycles. The van der Waals surface area contributed by atoms with Crippen LogP contribution >= 0.6 is 0 Å². The molecule has 0 saturated carbocycles. The van der Waals surface area contributed by atoms with Crippen molar-refractivity contribution < 1.29 is 0 Å². The van der Waals surface area contributed by atoms with Crippen molar-refractivity contribution in [1.29, 1.82) is 0 Å². The van der Waals surface area contributed by atoms with Crippen LogP contribution in [0.25, 0.3) is 0 Å². The Hall–Kier alpha value is 0.830. The van der Waals surface area contributed by atoms with Crippen molar-refractivity contribution in [2.24, 2.45) is 0 Å². The van der Waals surface area contributed by atoms with Crippen LogP contribution in [0.15, 0.2) is 0 Å². The molecule has 0 spiro atoms. The molecule has 2 heteroatoms. The van der Waals surface area contributed by atoms with Gasteiger partial charge in [0.25, 0.3) is 0 Å². The maximum absolute atomic E-state index is 2.71. The Morgan fingerprint density at radius 3 is 1.20 bits per heavy atom. The molecule has 0 N–H and O–H groups in total. The molecule has 0 saturated heterocycles. The van der Waals surface area contributed by atoms with E-state index in [1.165, 1.54) is 0 Å². The molecule has 0 aliphatic carbocycles. The van der Waals surface area contributed by atoms with Crippen LogP contribution in [0.1, 0.15) is 27.7 Å². The van der Waals surface area contributed by atoms with Crippen molar-refractivity contribution in [3.8, 4) is 0 Å². The summed E-state index contributed by atoms with van der Waals surface area (Å²) in [5, 5.41) is 0. The summed E-state index contributed by atoms with van der Waals surface area (Å²) in [5.74, 6) is 0. The fraction of sp³-hybridized carbons (Fsp3) is 1.00. The number of hydrogen-bond donors (Lipinski definition) is 0. The SMILES string of the molecule is CC(C)[N](C(C)C)[In]([CH3])[CH3]. The molecule has 0 atom stereocenters. The fourth-order valence-corrected chi connectivity index (χ4v) is 8.60. The summed E-state index contributed by atoms with van der Waals surface area (Å²) < 4.78 is 7.63. The van der Waals surface area contributed by atoms with E-state index in [0.29, 0.717) is 0 Å². The Morgan fingerprint density at radius 2 is 1.20 bits per heavy atom. The predicted molar refractivity (Wildman–Crippen MR) is 49.6 cm³/mol. The first-order valence-corrected chi connectivity index (χ1v) is 12.3. The van der Waals surface area contributed by atoms with Crippen molar-refractivity contribution in [3.05, 3.63) is 0 Å². The van der Waals surface area contributed by atoms with Crippen molar-refractivity contribution in [2.45, 2.75) is 49.1 Å². The molecule has 0 bridgehead atoms. The van der Waals surface area contributed by atoms with Crippen molar-refractivity contribution in [3.63, 3.8) is 0 Å². The molecule has 0 fully saturated rings. The molecular formula is C8H20InN. The molecule has 0 aliphatic rings. The zero-order valence-electron chi connectivity index (χ0n) is 8.18.